The van der Waals surface area contributed by atoms with E-state index in [0.717, 1.165) is 19.4 Å². The minimum atomic E-state index is 0.265. The molecule has 0 aliphatic heterocycles. The van der Waals surface area contributed by atoms with Crippen LogP contribution in [0.2, 0.25) is 0 Å². The van der Waals surface area contributed by atoms with Crippen LogP contribution in [0.1, 0.15) is 71.6 Å². The van der Waals surface area contributed by atoms with Crippen molar-refractivity contribution in [3.63, 3.8) is 0 Å². The van der Waals surface area contributed by atoms with Gasteiger partial charge < -0.3 is 5.32 Å². The summed E-state index contributed by atoms with van der Waals surface area (Å²) in [6, 6.07) is 0. The van der Waals surface area contributed by atoms with Crippen LogP contribution in [0.15, 0.2) is 0 Å². The third-order valence-corrected chi connectivity index (χ3v) is 5.58. The van der Waals surface area contributed by atoms with Gasteiger partial charge in [0.2, 0.25) is 5.91 Å². The lowest BCUT2D eigenvalue weighted by Crippen LogP contribution is -2.37. The molecule has 19 heavy (non-hydrogen) atoms. The molecule has 0 aromatic carbocycles. The Labute approximate surface area is 127 Å². The Morgan fingerprint density at radius 3 is 2.16 bits per heavy atom. The van der Waals surface area contributed by atoms with Gasteiger partial charge in [-0.3, -0.25) is 4.79 Å². The van der Waals surface area contributed by atoms with Crippen molar-refractivity contribution in [3.05, 3.63) is 0 Å². The maximum atomic E-state index is 12.2. The summed E-state index contributed by atoms with van der Waals surface area (Å²) < 4.78 is 0. The molecule has 1 atom stereocenters. The van der Waals surface area contributed by atoms with E-state index in [1.807, 2.05) is 0 Å². The van der Waals surface area contributed by atoms with Crippen molar-refractivity contribution in [2.24, 2.45) is 11.8 Å². The number of hydrogen-bond donors (Lipinski definition) is 1. The molecule has 0 spiro atoms. The maximum absolute atomic E-state index is 12.2. The van der Waals surface area contributed by atoms with Gasteiger partial charge in [0, 0.05) is 17.3 Å². The fraction of sp³-hybridized carbons (Fsp3) is 0.938. The number of rotatable bonds is 6. The van der Waals surface area contributed by atoms with Gasteiger partial charge in [0.05, 0.1) is 0 Å². The molecule has 1 rings (SSSR count). The normalized spacial score (nSPS) is 19.8. The molecule has 1 fully saturated rings. The van der Waals surface area contributed by atoms with E-state index in [1.54, 1.807) is 0 Å². The molecular formula is C16H30BrNO. The lowest BCUT2D eigenvalue weighted by molar-refractivity contribution is -0.125. The van der Waals surface area contributed by atoms with Gasteiger partial charge in [-0.05, 0) is 18.8 Å². The van der Waals surface area contributed by atoms with Crippen LogP contribution in [-0.4, -0.2) is 17.3 Å². The summed E-state index contributed by atoms with van der Waals surface area (Å²) in [5.74, 6) is 1.22. The number of halogens is 1. The summed E-state index contributed by atoms with van der Waals surface area (Å²) in [5, 5.41) is 3.16. The van der Waals surface area contributed by atoms with Gasteiger partial charge in [0.1, 0.15) is 0 Å². The predicted octanol–water partition coefficient (Wildman–Crippen LogP) is 4.66. The van der Waals surface area contributed by atoms with Gasteiger partial charge in [0.25, 0.3) is 0 Å². The van der Waals surface area contributed by atoms with Crippen molar-refractivity contribution >= 4 is 21.8 Å². The molecule has 0 heterocycles. The molecule has 1 aliphatic carbocycles. The highest BCUT2D eigenvalue weighted by atomic mass is 79.9. The van der Waals surface area contributed by atoms with Crippen LogP contribution in [0.5, 0.6) is 0 Å². The molecule has 3 heteroatoms. The largest absolute Gasteiger partial charge is 0.355 e. The van der Waals surface area contributed by atoms with Crippen molar-refractivity contribution in [3.8, 4) is 0 Å². The van der Waals surface area contributed by atoms with E-state index in [1.165, 1.54) is 44.9 Å². The predicted molar refractivity (Wildman–Crippen MR) is 85.6 cm³/mol. The molecule has 2 nitrogen and oxygen atoms in total. The first-order valence-corrected chi connectivity index (χ1v) is 9.02. The van der Waals surface area contributed by atoms with E-state index < -0.39 is 0 Å². The Morgan fingerprint density at radius 1 is 1.11 bits per heavy atom. The first-order valence-electron chi connectivity index (χ1n) is 8.10. The Bertz CT molecular complexity index is 245. The number of carbonyl (C=O) groups is 1. The van der Waals surface area contributed by atoms with Gasteiger partial charge in [0.15, 0.2) is 0 Å². The zero-order valence-electron chi connectivity index (χ0n) is 12.6. The van der Waals surface area contributed by atoms with E-state index in [-0.39, 0.29) is 11.8 Å². The topological polar surface area (TPSA) is 29.1 Å². The Morgan fingerprint density at radius 2 is 1.63 bits per heavy atom. The highest BCUT2D eigenvalue weighted by Gasteiger charge is 2.21. The standard InChI is InChI=1S/C16H30BrNO/c1-3-13(4-2)15(17)12-18-16(19)14-10-8-6-5-7-9-11-14/h13-15H,3-12H2,1-2H3,(H,18,19). The molecule has 1 unspecified atom stereocenters. The lowest BCUT2D eigenvalue weighted by Gasteiger charge is -2.23. The third kappa shape index (κ3) is 6.29. The van der Waals surface area contributed by atoms with Crippen LogP contribution in [-0.2, 0) is 4.79 Å². The Hall–Kier alpha value is -0.0500. The maximum Gasteiger partial charge on any atom is 0.223 e. The fourth-order valence-electron chi connectivity index (χ4n) is 3.03. The molecule has 1 N–H and O–H groups in total. The lowest BCUT2D eigenvalue weighted by atomic mass is 9.90. The van der Waals surface area contributed by atoms with Crippen molar-refractivity contribution < 1.29 is 4.79 Å². The number of alkyl halides is 1. The molecule has 112 valence electrons. The van der Waals surface area contributed by atoms with Crippen LogP contribution >= 0.6 is 15.9 Å². The quantitative estimate of drug-likeness (QED) is 0.704. The minimum Gasteiger partial charge on any atom is -0.355 e. The molecule has 0 bridgehead atoms. The summed E-state index contributed by atoms with van der Waals surface area (Å²) in [6.07, 6.45) is 10.9. The van der Waals surface area contributed by atoms with Gasteiger partial charge in [-0.1, -0.05) is 74.7 Å². The second-order valence-electron chi connectivity index (χ2n) is 5.88. The van der Waals surface area contributed by atoms with Crippen LogP contribution in [0.3, 0.4) is 0 Å². The van der Waals surface area contributed by atoms with Gasteiger partial charge in [-0.25, -0.2) is 0 Å². The number of hydrogen-bond acceptors (Lipinski definition) is 1. The van der Waals surface area contributed by atoms with Crippen molar-refractivity contribution in [1.29, 1.82) is 0 Å². The summed E-state index contributed by atoms with van der Waals surface area (Å²) in [6.45, 7) is 5.22. The molecule has 0 aromatic heterocycles. The monoisotopic (exact) mass is 331 g/mol. The minimum absolute atomic E-state index is 0.265. The van der Waals surface area contributed by atoms with E-state index in [2.05, 4.69) is 35.1 Å². The molecule has 1 aliphatic rings. The first-order chi connectivity index (χ1) is 9.19. The molecule has 0 saturated heterocycles. The van der Waals surface area contributed by atoms with Crippen LogP contribution in [0.25, 0.3) is 0 Å². The average molecular weight is 332 g/mol. The van der Waals surface area contributed by atoms with Crippen molar-refractivity contribution in [2.75, 3.05) is 6.54 Å². The summed E-state index contributed by atoms with van der Waals surface area (Å²) in [7, 11) is 0. The third-order valence-electron chi connectivity index (χ3n) is 4.51. The Balaban J connectivity index is 2.32. The number of amides is 1. The zero-order chi connectivity index (χ0) is 14.1. The highest BCUT2D eigenvalue weighted by molar-refractivity contribution is 9.09. The highest BCUT2D eigenvalue weighted by Crippen LogP contribution is 2.23. The fourth-order valence-corrected chi connectivity index (χ4v) is 3.94. The second kappa shape index (κ2) is 9.79. The van der Waals surface area contributed by atoms with Crippen molar-refractivity contribution in [2.45, 2.75) is 76.5 Å². The average Bonchev–Trinajstić information content (AvgIpc) is 2.37. The Kier molecular flexibility index (Phi) is 8.76. The smallest absolute Gasteiger partial charge is 0.223 e. The van der Waals surface area contributed by atoms with E-state index in [0.29, 0.717) is 10.7 Å². The molecule has 1 amide bonds. The van der Waals surface area contributed by atoms with Crippen LogP contribution < -0.4 is 5.32 Å². The zero-order valence-corrected chi connectivity index (χ0v) is 14.2. The summed E-state index contributed by atoms with van der Waals surface area (Å²) in [4.78, 5) is 12.7. The van der Waals surface area contributed by atoms with Crippen molar-refractivity contribution in [1.82, 2.24) is 5.32 Å². The SMILES string of the molecule is CCC(CC)C(Br)CNC(=O)C1CCCCCCC1. The number of carbonyl (C=O) groups excluding carboxylic acids is 1. The molecule has 0 aromatic rings. The molecule has 1 saturated carbocycles. The van der Waals surface area contributed by atoms with Gasteiger partial charge >= 0.3 is 0 Å². The number of nitrogens with one attached hydrogen (secondary N) is 1. The van der Waals surface area contributed by atoms with Gasteiger partial charge in [-0.15, -0.1) is 0 Å². The first kappa shape index (κ1) is 17.0. The van der Waals surface area contributed by atoms with E-state index in [9.17, 15) is 4.79 Å². The molecular weight excluding hydrogens is 302 g/mol. The second-order valence-corrected chi connectivity index (χ2v) is 7.06. The summed E-state index contributed by atoms with van der Waals surface area (Å²) in [5.41, 5.74) is 0. The molecule has 0 radical (unpaired) electrons. The van der Waals surface area contributed by atoms with Crippen LogP contribution in [0.4, 0.5) is 0 Å². The van der Waals surface area contributed by atoms with E-state index in [4.69, 9.17) is 0 Å². The van der Waals surface area contributed by atoms with Crippen LogP contribution in [0, 0.1) is 11.8 Å². The van der Waals surface area contributed by atoms with Gasteiger partial charge in [-0.2, -0.15) is 0 Å². The van der Waals surface area contributed by atoms with E-state index >= 15 is 0 Å². The summed E-state index contributed by atoms with van der Waals surface area (Å²) >= 11 is 3.73.